The Bertz CT molecular complexity index is 1120. The Kier molecular flexibility index (Phi) is 4.75. The smallest absolute Gasteiger partial charge is 0.342 e. The summed E-state index contributed by atoms with van der Waals surface area (Å²) >= 11 is 0. The number of esters is 1. The number of fused-ring (bicyclic) bond motifs is 2. The van der Waals surface area contributed by atoms with E-state index in [4.69, 9.17) is 9.47 Å². The standard InChI is InChI=1S/C23H24O8/c1-9-5-13-14(20(26)23(4,29)21(27)16(13)8-30-9)7-15-18(24)11(3)12-6-10(2)31-22(28)17(12)19(15)25/h5,8,10,21,24-25,27,29H,6-7H2,1-4H3. The minimum absolute atomic E-state index is 0.0253. The molecule has 0 saturated carbocycles. The van der Waals surface area contributed by atoms with Gasteiger partial charge in [0.2, 0.25) is 0 Å². The molecule has 3 aliphatic rings. The topological polar surface area (TPSA) is 134 Å². The molecule has 1 aliphatic carbocycles. The van der Waals surface area contributed by atoms with E-state index in [1.54, 1.807) is 26.8 Å². The van der Waals surface area contributed by atoms with Crippen LogP contribution in [0.2, 0.25) is 0 Å². The van der Waals surface area contributed by atoms with Crippen molar-refractivity contribution in [3.05, 3.63) is 57.1 Å². The van der Waals surface area contributed by atoms with Crippen molar-refractivity contribution in [2.75, 3.05) is 0 Å². The van der Waals surface area contributed by atoms with E-state index in [1.807, 2.05) is 0 Å². The lowest BCUT2D eigenvalue weighted by Crippen LogP contribution is -2.52. The fourth-order valence-electron chi connectivity index (χ4n) is 4.40. The summed E-state index contributed by atoms with van der Waals surface area (Å²) in [5.74, 6) is -1.68. The number of ether oxygens (including phenoxy) is 2. The number of phenols is 2. The highest BCUT2D eigenvalue weighted by atomic mass is 16.5. The zero-order valence-corrected chi connectivity index (χ0v) is 17.6. The highest BCUT2D eigenvalue weighted by molar-refractivity contribution is 6.06. The third-order valence-corrected chi connectivity index (χ3v) is 6.19. The fourth-order valence-corrected chi connectivity index (χ4v) is 4.40. The second kappa shape index (κ2) is 6.96. The van der Waals surface area contributed by atoms with E-state index in [2.05, 4.69) is 0 Å². The van der Waals surface area contributed by atoms with Gasteiger partial charge in [0.05, 0.1) is 6.26 Å². The highest BCUT2D eigenvalue weighted by Crippen LogP contribution is 2.45. The molecular formula is C23H24O8. The first-order valence-electron chi connectivity index (χ1n) is 9.96. The number of hydrogen-bond acceptors (Lipinski definition) is 8. The molecule has 1 aromatic rings. The van der Waals surface area contributed by atoms with Gasteiger partial charge in [0.1, 0.15) is 35.0 Å². The lowest BCUT2D eigenvalue weighted by Gasteiger charge is -2.37. The van der Waals surface area contributed by atoms with Crippen LogP contribution in [0.5, 0.6) is 11.5 Å². The van der Waals surface area contributed by atoms with Crippen molar-refractivity contribution in [2.45, 2.75) is 58.3 Å². The predicted octanol–water partition coefficient (Wildman–Crippen LogP) is 1.86. The van der Waals surface area contributed by atoms with Crippen molar-refractivity contribution < 1.29 is 39.5 Å². The number of hydrogen-bond donors (Lipinski definition) is 4. The normalized spacial score (nSPS) is 27.7. The third kappa shape index (κ3) is 3.05. The van der Waals surface area contributed by atoms with Gasteiger partial charge in [-0.3, -0.25) is 4.79 Å². The Hall–Kier alpha value is -3.10. The van der Waals surface area contributed by atoms with Crippen LogP contribution in [0.1, 0.15) is 47.8 Å². The van der Waals surface area contributed by atoms with Gasteiger partial charge in [-0.05, 0) is 50.5 Å². The van der Waals surface area contributed by atoms with Crippen molar-refractivity contribution >= 4 is 11.8 Å². The summed E-state index contributed by atoms with van der Waals surface area (Å²) in [7, 11) is 0. The molecule has 2 aliphatic heterocycles. The SMILES string of the molecule is CC1=CC2=C(Cc3c(O)c(C)c4c(c3O)C(=O)OC(C)C4)C(=O)C(C)(O)C(O)C2=CO1. The summed E-state index contributed by atoms with van der Waals surface area (Å²) in [6, 6.07) is 0. The lowest BCUT2D eigenvalue weighted by atomic mass is 9.73. The van der Waals surface area contributed by atoms with E-state index in [0.29, 0.717) is 28.9 Å². The molecule has 0 radical (unpaired) electrons. The second-order valence-electron chi connectivity index (χ2n) is 8.47. The fraction of sp³-hybridized carbons (Fsp3) is 0.391. The maximum absolute atomic E-state index is 13.1. The maximum Gasteiger partial charge on any atom is 0.342 e. The minimum atomic E-state index is -2.13. The van der Waals surface area contributed by atoms with Crippen molar-refractivity contribution in [3.8, 4) is 11.5 Å². The number of phenolic OH excluding ortho intramolecular Hbond substituents is 2. The molecule has 0 spiro atoms. The number of cyclic esters (lactones) is 1. The van der Waals surface area contributed by atoms with Crippen molar-refractivity contribution in [3.63, 3.8) is 0 Å². The monoisotopic (exact) mass is 428 g/mol. The average Bonchev–Trinajstić information content (AvgIpc) is 2.70. The van der Waals surface area contributed by atoms with Gasteiger partial charge < -0.3 is 29.9 Å². The molecule has 0 bridgehead atoms. The van der Waals surface area contributed by atoms with Crippen LogP contribution in [0.25, 0.3) is 0 Å². The highest BCUT2D eigenvalue weighted by Gasteiger charge is 2.48. The molecule has 8 heteroatoms. The summed E-state index contributed by atoms with van der Waals surface area (Å²) in [6.07, 6.45) is 0.990. The van der Waals surface area contributed by atoms with Crippen molar-refractivity contribution in [1.82, 2.24) is 0 Å². The summed E-state index contributed by atoms with van der Waals surface area (Å²) in [6.45, 7) is 6.21. The van der Waals surface area contributed by atoms with Crippen molar-refractivity contribution in [1.29, 1.82) is 0 Å². The Labute approximate surface area is 178 Å². The Balaban J connectivity index is 1.92. The molecule has 3 atom stereocenters. The van der Waals surface area contributed by atoms with Crippen LogP contribution in [0.4, 0.5) is 0 Å². The number of aliphatic hydroxyl groups is 2. The average molecular weight is 428 g/mol. The number of aromatic hydroxyl groups is 2. The Morgan fingerprint density at radius 1 is 1.19 bits per heavy atom. The van der Waals surface area contributed by atoms with Crippen LogP contribution < -0.4 is 0 Å². The van der Waals surface area contributed by atoms with E-state index < -0.39 is 35.3 Å². The van der Waals surface area contributed by atoms with Crippen LogP contribution in [-0.2, 0) is 27.1 Å². The van der Waals surface area contributed by atoms with E-state index >= 15 is 0 Å². The number of carbonyl (C=O) groups is 2. The van der Waals surface area contributed by atoms with Gasteiger partial charge in [-0.15, -0.1) is 0 Å². The quantitative estimate of drug-likeness (QED) is 0.525. The summed E-state index contributed by atoms with van der Waals surface area (Å²) in [5, 5.41) is 42.9. The number of rotatable bonds is 2. The van der Waals surface area contributed by atoms with Gasteiger partial charge in [-0.1, -0.05) is 0 Å². The Morgan fingerprint density at radius 2 is 1.87 bits per heavy atom. The summed E-state index contributed by atoms with van der Waals surface area (Å²) < 4.78 is 10.6. The van der Waals surface area contributed by atoms with Gasteiger partial charge in [0.25, 0.3) is 0 Å². The van der Waals surface area contributed by atoms with Gasteiger partial charge in [-0.2, -0.15) is 0 Å². The number of ketones is 1. The first-order chi connectivity index (χ1) is 14.4. The van der Waals surface area contributed by atoms with Crippen LogP contribution >= 0.6 is 0 Å². The molecule has 2 heterocycles. The molecule has 0 aromatic heterocycles. The number of carbonyl (C=O) groups excluding carboxylic acids is 2. The van der Waals surface area contributed by atoms with Crippen LogP contribution in [-0.4, -0.2) is 50.0 Å². The molecule has 4 N–H and O–H groups in total. The molecule has 0 saturated heterocycles. The molecular weight excluding hydrogens is 404 g/mol. The molecule has 4 rings (SSSR count). The molecule has 3 unspecified atom stereocenters. The molecule has 0 amide bonds. The third-order valence-electron chi connectivity index (χ3n) is 6.19. The minimum Gasteiger partial charge on any atom is -0.507 e. The molecule has 8 nitrogen and oxygen atoms in total. The van der Waals surface area contributed by atoms with Crippen LogP contribution in [0, 0.1) is 6.92 Å². The van der Waals surface area contributed by atoms with E-state index in [-0.39, 0.29) is 34.4 Å². The maximum atomic E-state index is 13.1. The number of allylic oxidation sites excluding steroid dienone is 2. The van der Waals surface area contributed by atoms with Gasteiger partial charge in [0.15, 0.2) is 11.4 Å². The largest absolute Gasteiger partial charge is 0.507 e. The van der Waals surface area contributed by atoms with Gasteiger partial charge in [0, 0.05) is 29.6 Å². The zero-order valence-electron chi connectivity index (χ0n) is 17.6. The van der Waals surface area contributed by atoms with Gasteiger partial charge >= 0.3 is 5.97 Å². The first-order valence-corrected chi connectivity index (χ1v) is 9.96. The number of Topliss-reactive ketones (excluding diaryl/α,β-unsaturated/α-hetero) is 1. The number of benzene rings is 1. The first kappa shape index (κ1) is 21.1. The molecule has 1 aromatic carbocycles. The van der Waals surface area contributed by atoms with E-state index in [1.165, 1.54) is 13.2 Å². The number of aliphatic hydroxyl groups excluding tert-OH is 1. The molecule has 164 valence electrons. The molecule has 31 heavy (non-hydrogen) atoms. The van der Waals surface area contributed by atoms with Crippen LogP contribution in [0.3, 0.4) is 0 Å². The zero-order chi connectivity index (χ0) is 22.8. The summed E-state index contributed by atoms with van der Waals surface area (Å²) in [4.78, 5) is 25.6. The summed E-state index contributed by atoms with van der Waals surface area (Å²) in [5.41, 5.74) is -0.629. The lowest BCUT2D eigenvalue weighted by molar-refractivity contribution is -0.141. The van der Waals surface area contributed by atoms with Crippen LogP contribution in [0.15, 0.2) is 34.8 Å². The van der Waals surface area contributed by atoms with E-state index in [9.17, 15) is 30.0 Å². The molecule has 0 fully saturated rings. The second-order valence-corrected chi connectivity index (χ2v) is 8.47. The van der Waals surface area contributed by atoms with Crippen molar-refractivity contribution in [2.24, 2.45) is 0 Å². The van der Waals surface area contributed by atoms with E-state index in [0.717, 1.165) is 0 Å². The predicted molar refractivity (Wildman–Crippen MR) is 108 cm³/mol. The van der Waals surface area contributed by atoms with Gasteiger partial charge in [-0.25, -0.2) is 4.79 Å². The Morgan fingerprint density at radius 3 is 2.55 bits per heavy atom.